The highest BCUT2D eigenvalue weighted by atomic mass is 16.3. The van der Waals surface area contributed by atoms with E-state index >= 15 is 0 Å². The van der Waals surface area contributed by atoms with Gasteiger partial charge in [-0.25, -0.2) is 0 Å². The van der Waals surface area contributed by atoms with Crippen molar-refractivity contribution in [1.29, 1.82) is 0 Å². The van der Waals surface area contributed by atoms with Gasteiger partial charge in [-0.1, -0.05) is 12.1 Å². The largest absolute Gasteiger partial charge is 0.394 e. The second-order valence-electron chi connectivity index (χ2n) is 5.04. The molecule has 92 valence electrons. The molecule has 1 heterocycles. The summed E-state index contributed by atoms with van der Waals surface area (Å²) >= 11 is 0. The number of aliphatic hydroxyl groups is 1. The van der Waals surface area contributed by atoms with Crippen LogP contribution in [0.5, 0.6) is 0 Å². The average Bonchev–Trinajstić information content (AvgIpc) is 2.64. The first-order valence-corrected chi connectivity index (χ1v) is 5.75. The van der Waals surface area contributed by atoms with E-state index in [0.717, 1.165) is 16.8 Å². The fourth-order valence-corrected chi connectivity index (χ4v) is 2.24. The standard InChI is InChI=1S/C13H18N2O2/c1-13(2,8-16)15-11-4-3-9(7-14)5-10(11)6-12(15)17/h3-5,16H,6-8,14H2,1-2H3. The first-order chi connectivity index (χ1) is 7.99. The second-order valence-corrected chi connectivity index (χ2v) is 5.04. The molecule has 0 unspecified atom stereocenters. The Morgan fingerprint density at radius 2 is 2.18 bits per heavy atom. The average molecular weight is 234 g/mol. The summed E-state index contributed by atoms with van der Waals surface area (Å²) in [6, 6.07) is 5.82. The summed E-state index contributed by atoms with van der Waals surface area (Å²) in [6.07, 6.45) is 0.395. The number of aliphatic hydroxyl groups excluding tert-OH is 1. The van der Waals surface area contributed by atoms with E-state index in [1.54, 1.807) is 4.90 Å². The molecule has 1 amide bonds. The van der Waals surface area contributed by atoms with E-state index in [2.05, 4.69) is 0 Å². The summed E-state index contributed by atoms with van der Waals surface area (Å²) in [5.41, 5.74) is 7.95. The quantitative estimate of drug-likeness (QED) is 0.813. The monoisotopic (exact) mass is 234 g/mol. The first kappa shape index (κ1) is 12.1. The lowest BCUT2D eigenvalue weighted by molar-refractivity contribution is -0.118. The molecule has 1 aliphatic heterocycles. The third kappa shape index (κ3) is 1.94. The maximum Gasteiger partial charge on any atom is 0.232 e. The van der Waals surface area contributed by atoms with Crippen LogP contribution in [0.3, 0.4) is 0 Å². The molecule has 0 fully saturated rings. The molecule has 1 aromatic carbocycles. The van der Waals surface area contributed by atoms with E-state index in [1.165, 1.54) is 0 Å². The molecule has 0 bridgehead atoms. The minimum absolute atomic E-state index is 0.0354. The van der Waals surface area contributed by atoms with Gasteiger partial charge in [0.05, 0.1) is 18.6 Å². The topological polar surface area (TPSA) is 66.6 Å². The maximum absolute atomic E-state index is 12.0. The number of amides is 1. The van der Waals surface area contributed by atoms with E-state index in [9.17, 15) is 9.90 Å². The van der Waals surface area contributed by atoms with Crippen molar-refractivity contribution in [3.8, 4) is 0 Å². The summed E-state index contributed by atoms with van der Waals surface area (Å²) < 4.78 is 0. The minimum Gasteiger partial charge on any atom is -0.394 e. The fourth-order valence-electron chi connectivity index (χ4n) is 2.24. The number of carbonyl (C=O) groups is 1. The molecule has 0 aromatic heterocycles. The predicted molar refractivity (Wildman–Crippen MR) is 66.7 cm³/mol. The van der Waals surface area contributed by atoms with Gasteiger partial charge < -0.3 is 15.7 Å². The van der Waals surface area contributed by atoms with Gasteiger partial charge in [0.15, 0.2) is 0 Å². The number of benzene rings is 1. The van der Waals surface area contributed by atoms with Crippen molar-refractivity contribution >= 4 is 11.6 Å². The zero-order valence-corrected chi connectivity index (χ0v) is 10.2. The highest BCUT2D eigenvalue weighted by Gasteiger charge is 2.37. The molecule has 0 aliphatic carbocycles. The molecule has 0 atom stereocenters. The zero-order valence-electron chi connectivity index (χ0n) is 10.2. The Morgan fingerprint density at radius 1 is 1.47 bits per heavy atom. The summed E-state index contributed by atoms with van der Waals surface area (Å²) in [7, 11) is 0. The van der Waals surface area contributed by atoms with Crippen LogP contribution in [0.25, 0.3) is 0 Å². The molecule has 1 aromatic rings. The Balaban J connectivity index is 2.45. The summed E-state index contributed by atoms with van der Waals surface area (Å²) in [6.45, 7) is 4.13. The number of hydrogen-bond donors (Lipinski definition) is 2. The molecule has 0 spiro atoms. The Hall–Kier alpha value is -1.39. The number of fused-ring (bicyclic) bond motifs is 1. The highest BCUT2D eigenvalue weighted by molar-refractivity contribution is 6.02. The van der Waals surface area contributed by atoms with Crippen LogP contribution < -0.4 is 10.6 Å². The highest BCUT2D eigenvalue weighted by Crippen LogP contribution is 2.34. The van der Waals surface area contributed by atoms with Gasteiger partial charge in [0, 0.05) is 12.2 Å². The molecule has 0 saturated carbocycles. The van der Waals surface area contributed by atoms with E-state index in [4.69, 9.17) is 5.73 Å². The first-order valence-electron chi connectivity index (χ1n) is 5.75. The van der Waals surface area contributed by atoms with Gasteiger partial charge in [0.25, 0.3) is 0 Å². The lowest BCUT2D eigenvalue weighted by atomic mass is 10.0. The number of hydrogen-bond acceptors (Lipinski definition) is 3. The zero-order chi connectivity index (χ0) is 12.6. The summed E-state index contributed by atoms with van der Waals surface area (Å²) in [4.78, 5) is 13.7. The molecule has 0 saturated heterocycles. The minimum atomic E-state index is -0.563. The molecular weight excluding hydrogens is 216 g/mol. The van der Waals surface area contributed by atoms with E-state index < -0.39 is 5.54 Å². The summed E-state index contributed by atoms with van der Waals surface area (Å²) in [5, 5.41) is 9.38. The van der Waals surface area contributed by atoms with Crippen LogP contribution in [0, 0.1) is 0 Å². The van der Waals surface area contributed by atoms with Gasteiger partial charge in [-0.15, -0.1) is 0 Å². The van der Waals surface area contributed by atoms with Gasteiger partial charge >= 0.3 is 0 Å². The van der Waals surface area contributed by atoms with Crippen LogP contribution in [0.4, 0.5) is 5.69 Å². The Morgan fingerprint density at radius 3 is 2.76 bits per heavy atom. The number of nitrogens with two attached hydrogens (primary N) is 1. The number of anilines is 1. The number of carbonyl (C=O) groups excluding carboxylic acids is 1. The van der Waals surface area contributed by atoms with E-state index in [0.29, 0.717) is 13.0 Å². The van der Waals surface area contributed by atoms with Crippen LogP contribution in [0.1, 0.15) is 25.0 Å². The van der Waals surface area contributed by atoms with Crippen LogP contribution in [0.2, 0.25) is 0 Å². The molecule has 4 heteroatoms. The van der Waals surface area contributed by atoms with Crippen molar-refractivity contribution in [2.75, 3.05) is 11.5 Å². The van der Waals surface area contributed by atoms with Gasteiger partial charge in [-0.05, 0) is 31.0 Å². The van der Waals surface area contributed by atoms with Gasteiger partial charge in [0.1, 0.15) is 0 Å². The Bertz CT molecular complexity index is 455. The fraction of sp³-hybridized carbons (Fsp3) is 0.462. The lowest BCUT2D eigenvalue weighted by Crippen LogP contribution is -2.48. The van der Waals surface area contributed by atoms with E-state index in [-0.39, 0.29) is 12.5 Å². The molecule has 0 radical (unpaired) electrons. The van der Waals surface area contributed by atoms with Crippen molar-refractivity contribution in [1.82, 2.24) is 0 Å². The smallest absolute Gasteiger partial charge is 0.232 e. The Labute approximate surface area is 101 Å². The van der Waals surface area contributed by atoms with Crippen LogP contribution in [-0.4, -0.2) is 23.2 Å². The molecule has 2 rings (SSSR count). The van der Waals surface area contributed by atoms with Crippen molar-refractivity contribution in [2.45, 2.75) is 32.4 Å². The van der Waals surface area contributed by atoms with Crippen LogP contribution >= 0.6 is 0 Å². The maximum atomic E-state index is 12.0. The van der Waals surface area contributed by atoms with Crippen molar-refractivity contribution in [2.24, 2.45) is 5.73 Å². The SMILES string of the molecule is CC(C)(CO)N1C(=O)Cc2cc(CN)ccc21. The van der Waals surface area contributed by atoms with Crippen molar-refractivity contribution in [3.05, 3.63) is 29.3 Å². The van der Waals surface area contributed by atoms with Gasteiger partial charge in [0.2, 0.25) is 5.91 Å². The molecule has 1 aliphatic rings. The number of rotatable bonds is 3. The molecule has 3 N–H and O–H groups in total. The van der Waals surface area contributed by atoms with Gasteiger partial charge in [-0.2, -0.15) is 0 Å². The lowest BCUT2D eigenvalue weighted by Gasteiger charge is -2.34. The number of nitrogens with zero attached hydrogens (tertiary/aromatic N) is 1. The second kappa shape index (κ2) is 4.13. The Kier molecular flexibility index (Phi) is 2.93. The molecular formula is C13H18N2O2. The van der Waals surface area contributed by atoms with Gasteiger partial charge in [-0.3, -0.25) is 4.79 Å². The molecule has 17 heavy (non-hydrogen) atoms. The van der Waals surface area contributed by atoms with Crippen LogP contribution in [-0.2, 0) is 17.8 Å². The normalized spacial score (nSPS) is 15.3. The van der Waals surface area contributed by atoms with Crippen molar-refractivity contribution in [3.63, 3.8) is 0 Å². The van der Waals surface area contributed by atoms with Crippen molar-refractivity contribution < 1.29 is 9.90 Å². The van der Waals surface area contributed by atoms with E-state index in [1.807, 2.05) is 32.0 Å². The van der Waals surface area contributed by atoms with Crippen LogP contribution in [0.15, 0.2) is 18.2 Å². The third-order valence-corrected chi connectivity index (χ3v) is 3.20. The third-order valence-electron chi connectivity index (χ3n) is 3.20. The predicted octanol–water partition coefficient (Wildman–Crippen LogP) is 0.805. The molecule has 4 nitrogen and oxygen atoms in total. The summed E-state index contributed by atoms with van der Waals surface area (Å²) in [5.74, 6) is 0.0354.